The normalized spacial score (nSPS) is 19.4. The summed E-state index contributed by atoms with van der Waals surface area (Å²) in [6, 6.07) is 2.57. The van der Waals surface area contributed by atoms with Gasteiger partial charge in [0.25, 0.3) is 5.91 Å². The molecule has 0 saturated carbocycles. The van der Waals surface area contributed by atoms with Crippen LogP contribution in [-0.4, -0.2) is 53.8 Å². The highest BCUT2D eigenvalue weighted by Gasteiger charge is 2.43. The van der Waals surface area contributed by atoms with Gasteiger partial charge in [0.15, 0.2) is 6.61 Å². The molecule has 1 fully saturated rings. The quantitative estimate of drug-likeness (QED) is 0.765. The van der Waals surface area contributed by atoms with Crippen LogP contribution in [0, 0.1) is 0 Å². The number of alkyl carbamates (subject to hydrolysis) is 1. The van der Waals surface area contributed by atoms with Crippen LogP contribution in [0.5, 0.6) is 0 Å². The highest BCUT2D eigenvalue weighted by Crippen LogP contribution is 2.41. The second kappa shape index (κ2) is 8.56. The number of nitrogens with zero attached hydrogens (tertiary/aromatic N) is 1. The number of ether oxygens (including phenoxy) is 2. The van der Waals surface area contributed by atoms with Gasteiger partial charge in [-0.15, -0.1) is 11.8 Å². The number of esters is 1. The SMILES string of the molecule is CCOC(=O)NC(=O)COC(=O)[C@@H]1CS[C@H](c2ccco2)N1C(C)=O. The summed E-state index contributed by atoms with van der Waals surface area (Å²) in [7, 11) is 0. The highest BCUT2D eigenvalue weighted by molar-refractivity contribution is 7.99. The van der Waals surface area contributed by atoms with Crippen molar-refractivity contribution < 1.29 is 33.1 Å². The smallest absolute Gasteiger partial charge is 0.413 e. The van der Waals surface area contributed by atoms with E-state index in [-0.39, 0.29) is 12.5 Å². The van der Waals surface area contributed by atoms with Crippen LogP contribution in [0.3, 0.4) is 0 Å². The average Bonchev–Trinajstić information content (AvgIpc) is 3.21. The third kappa shape index (κ3) is 4.75. The van der Waals surface area contributed by atoms with E-state index in [9.17, 15) is 19.2 Å². The number of carbonyl (C=O) groups is 4. The zero-order valence-corrected chi connectivity index (χ0v) is 14.5. The van der Waals surface area contributed by atoms with Crippen LogP contribution < -0.4 is 5.32 Å². The maximum atomic E-state index is 12.2. The summed E-state index contributed by atoms with van der Waals surface area (Å²) in [5, 5.41) is 1.48. The summed E-state index contributed by atoms with van der Waals surface area (Å²) in [5.74, 6) is -0.992. The topological polar surface area (TPSA) is 115 Å². The molecule has 0 aromatic carbocycles. The van der Waals surface area contributed by atoms with Crippen molar-refractivity contribution in [3.05, 3.63) is 24.2 Å². The van der Waals surface area contributed by atoms with Crippen LogP contribution in [0.1, 0.15) is 25.0 Å². The molecule has 1 aliphatic rings. The number of furan rings is 1. The minimum Gasteiger partial charge on any atom is -0.466 e. The van der Waals surface area contributed by atoms with Gasteiger partial charge in [0.1, 0.15) is 17.2 Å². The lowest BCUT2D eigenvalue weighted by atomic mass is 10.2. The molecule has 0 aliphatic carbocycles. The Labute approximate surface area is 148 Å². The van der Waals surface area contributed by atoms with Gasteiger partial charge in [0, 0.05) is 12.7 Å². The zero-order valence-electron chi connectivity index (χ0n) is 13.7. The molecule has 0 radical (unpaired) electrons. The number of amides is 3. The molecule has 2 atom stereocenters. The molecule has 136 valence electrons. The summed E-state index contributed by atoms with van der Waals surface area (Å²) < 4.78 is 14.8. The minimum absolute atomic E-state index is 0.111. The lowest BCUT2D eigenvalue weighted by Gasteiger charge is -2.25. The molecule has 1 aromatic rings. The summed E-state index contributed by atoms with van der Waals surface area (Å²) >= 11 is 1.36. The van der Waals surface area contributed by atoms with Crippen molar-refractivity contribution >= 4 is 35.6 Å². The minimum atomic E-state index is -0.914. The van der Waals surface area contributed by atoms with Crippen LogP contribution >= 0.6 is 11.8 Å². The molecule has 3 amide bonds. The summed E-state index contributed by atoms with van der Waals surface area (Å²) in [6.45, 7) is 2.40. The Balaban J connectivity index is 1.93. The van der Waals surface area contributed by atoms with E-state index in [1.807, 2.05) is 5.32 Å². The number of imide groups is 1. The lowest BCUT2D eigenvalue weighted by molar-refractivity contribution is -0.156. The Morgan fingerprint density at radius 3 is 2.72 bits per heavy atom. The highest BCUT2D eigenvalue weighted by atomic mass is 32.2. The second-order valence-corrected chi connectivity index (χ2v) is 6.13. The van der Waals surface area contributed by atoms with E-state index in [1.54, 1.807) is 19.1 Å². The fourth-order valence-electron chi connectivity index (χ4n) is 2.27. The van der Waals surface area contributed by atoms with E-state index in [0.717, 1.165) is 0 Å². The second-order valence-electron chi connectivity index (χ2n) is 5.02. The maximum absolute atomic E-state index is 12.2. The summed E-state index contributed by atoms with van der Waals surface area (Å²) in [4.78, 5) is 48.2. The number of thioether (sulfide) groups is 1. The van der Waals surface area contributed by atoms with E-state index in [2.05, 4.69) is 4.74 Å². The predicted octanol–water partition coefficient (Wildman–Crippen LogP) is 1.06. The molecule has 2 heterocycles. The monoisotopic (exact) mass is 370 g/mol. The molecule has 9 nitrogen and oxygen atoms in total. The van der Waals surface area contributed by atoms with E-state index in [0.29, 0.717) is 11.5 Å². The van der Waals surface area contributed by atoms with E-state index >= 15 is 0 Å². The number of nitrogens with one attached hydrogen (secondary N) is 1. The zero-order chi connectivity index (χ0) is 18.4. The van der Waals surface area contributed by atoms with Gasteiger partial charge in [0.05, 0.1) is 12.9 Å². The summed E-state index contributed by atoms with van der Waals surface area (Å²) in [6.07, 6.45) is 0.572. The Morgan fingerprint density at radius 1 is 1.36 bits per heavy atom. The van der Waals surface area contributed by atoms with E-state index in [4.69, 9.17) is 9.15 Å². The van der Waals surface area contributed by atoms with Gasteiger partial charge < -0.3 is 18.8 Å². The first-order chi connectivity index (χ1) is 11.9. The van der Waals surface area contributed by atoms with Crippen molar-refractivity contribution in [3.8, 4) is 0 Å². The molecular formula is C15H18N2O7S. The molecule has 1 aliphatic heterocycles. The molecule has 10 heteroatoms. The van der Waals surface area contributed by atoms with Gasteiger partial charge in [-0.2, -0.15) is 0 Å². The first-order valence-electron chi connectivity index (χ1n) is 7.51. The first kappa shape index (κ1) is 18.8. The predicted molar refractivity (Wildman–Crippen MR) is 86.3 cm³/mol. The standard InChI is InChI=1S/C15H18N2O7S/c1-3-22-15(21)16-12(19)7-24-14(20)10-8-25-13(17(10)9(2)18)11-5-4-6-23-11/h4-6,10,13H,3,7-8H2,1-2H3,(H,16,19,21)/t10-,13+/m0/s1. The molecule has 25 heavy (non-hydrogen) atoms. The Kier molecular flexibility index (Phi) is 6.45. The number of hydrogen-bond donors (Lipinski definition) is 1. The molecule has 2 rings (SSSR count). The van der Waals surface area contributed by atoms with Crippen molar-refractivity contribution in [1.29, 1.82) is 0 Å². The summed E-state index contributed by atoms with van der Waals surface area (Å²) in [5.41, 5.74) is 0. The van der Waals surface area contributed by atoms with Crippen molar-refractivity contribution in [2.45, 2.75) is 25.3 Å². The van der Waals surface area contributed by atoms with E-state index in [1.165, 1.54) is 29.8 Å². The Hall–Kier alpha value is -2.49. The van der Waals surface area contributed by atoms with Crippen molar-refractivity contribution in [2.75, 3.05) is 19.0 Å². The van der Waals surface area contributed by atoms with Gasteiger partial charge in [-0.3, -0.25) is 14.9 Å². The van der Waals surface area contributed by atoms with Crippen LogP contribution in [0.2, 0.25) is 0 Å². The van der Waals surface area contributed by atoms with E-state index < -0.39 is 36.0 Å². The average molecular weight is 370 g/mol. The van der Waals surface area contributed by atoms with Crippen molar-refractivity contribution in [1.82, 2.24) is 10.2 Å². The van der Waals surface area contributed by atoms with Crippen LogP contribution in [0.15, 0.2) is 22.8 Å². The number of carbonyl (C=O) groups excluding carboxylic acids is 4. The molecule has 0 bridgehead atoms. The van der Waals surface area contributed by atoms with Crippen LogP contribution in [0.25, 0.3) is 0 Å². The van der Waals surface area contributed by atoms with Crippen molar-refractivity contribution in [3.63, 3.8) is 0 Å². The lowest BCUT2D eigenvalue weighted by Crippen LogP contribution is -2.44. The Bertz CT molecular complexity index is 646. The van der Waals surface area contributed by atoms with Gasteiger partial charge in [-0.05, 0) is 19.1 Å². The van der Waals surface area contributed by atoms with Gasteiger partial charge in [-0.25, -0.2) is 9.59 Å². The van der Waals surface area contributed by atoms with Crippen molar-refractivity contribution in [2.24, 2.45) is 0 Å². The Morgan fingerprint density at radius 2 is 2.12 bits per heavy atom. The molecule has 1 saturated heterocycles. The molecule has 0 unspecified atom stereocenters. The van der Waals surface area contributed by atoms with Gasteiger partial charge >= 0.3 is 12.1 Å². The van der Waals surface area contributed by atoms with Crippen LogP contribution in [-0.2, 0) is 23.9 Å². The number of hydrogen-bond acceptors (Lipinski definition) is 8. The fourth-order valence-corrected chi connectivity index (χ4v) is 3.69. The molecule has 1 N–H and O–H groups in total. The third-order valence-electron chi connectivity index (χ3n) is 3.29. The maximum Gasteiger partial charge on any atom is 0.413 e. The molecular weight excluding hydrogens is 352 g/mol. The van der Waals surface area contributed by atoms with Gasteiger partial charge in [-0.1, -0.05) is 0 Å². The molecule has 0 spiro atoms. The fraction of sp³-hybridized carbons (Fsp3) is 0.467. The van der Waals surface area contributed by atoms with Gasteiger partial charge in [0.2, 0.25) is 5.91 Å². The van der Waals surface area contributed by atoms with Crippen LogP contribution in [0.4, 0.5) is 4.79 Å². The third-order valence-corrected chi connectivity index (χ3v) is 4.57. The largest absolute Gasteiger partial charge is 0.466 e. The first-order valence-corrected chi connectivity index (χ1v) is 8.56. The molecule has 1 aromatic heterocycles. The number of rotatable bonds is 5.